The van der Waals surface area contributed by atoms with Crippen LogP contribution < -0.4 is 5.32 Å². The van der Waals surface area contributed by atoms with E-state index in [9.17, 15) is 8.78 Å². The average Bonchev–Trinajstić information content (AvgIpc) is 3.35. The molecule has 5 rings (SSSR count). The van der Waals surface area contributed by atoms with Crippen molar-refractivity contribution >= 4 is 28.7 Å². The molecule has 1 aliphatic carbocycles. The van der Waals surface area contributed by atoms with Crippen LogP contribution >= 0.6 is 11.8 Å². The zero-order valence-electron chi connectivity index (χ0n) is 20.0. The first-order chi connectivity index (χ1) is 17.4. The van der Waals surface area contributed by atoms with Crippen LogP contribution in [0.2, 0.25) is 0 Å². The highest BCUT2D eigenvalue weighted by atomic mass is 32.2. The summed E-state index contributed by atoms with van der Waals surface area (Å²) in [5.41, 5.74) is 1.50. The molecule has 3 aromatic rings. The van der Waals surface area contributed by atoms with Gasteiger partial charge in [-0.2, -0.15) is 0 Å². The molecule has 2 aromatic heterocycles. The van der Waals surface area contributed by atoms with Gasteiger partial charge in [0.05, 0.1) is 6.61 Å². The number of hydrogen-bond acceptors (Lipinski definition) is 9. The topological polar surface area (TPSA) is 96.2 Å². The lowest BCUT2D eigenvalue weighted by Crippen LogP contribution is -2.37. The van der Waals surface area contributed by atoms with Crippen LogP contribution in [0.1, 0.15) is 37.3 Å². The fourth-order valence-electron chi connectivity index (χ4n) is 4.44. The van der Waals surface area contributed by atoms with Gasteiger partial charge in [0, 0.05) is 31.9 Å². The molecule has 5 atom stereocenters. The normalized spacial score (nSPS) is 25.7. The summed E-state index contributed by atoms with van der Waals surface area (Å²) < 4.78 is 59.9. The summed E-state index contributed by atoms with van der Waals surface area (Å²) >= 11 is 1.48. The summed E-state index contributed by atoms with van der Waals surface area (Å²) in [7, 11) is 2.85. The van der Waals surface area contributed by atoms with Crippen LogP contribution in [0.3, 0.4) is 0 Å². The smallest absolute Gasteiger partial charge is 0.191 e. The van der Waals surface area contributed by atoms with Crippen LogP contribution in [0.15, 0.2) is 23.4 Å². The van der Waals surface area contributed by atoms with Crippen LogP contribution in [0.5, 0.6) is 0 Å². The molecule has 36 heavy (non-hydrogen) atoms. The molecule has 3 heterocycles. The largest absolute Gasteiger partial charge is 0.367 e. The van der Waals surface area contributed by atoms with Gasteiger partial charge in [-0.3, -0.25) is 0 Å². The van der Waals surface area contributed by atoms with Crippen molar-refractivity contribution in [1.29, 1.82) is 0 Å². The van der Waals surface area contributed by atoms with Crippen molar-refractivity contribution in [3.8, 4) is 0 Å². The maximum Gasteiger partial charge on any atom is 0.191 e. The Bertz CT molecular complexity index is 1230. The number of rotatable bonds is 10. The van der Waals surface area contributed by atoms with E-state index in [-0.39, 0.29) is 18.6 Å². The number of anilines is 1. The molecule has 1 aromatic carbocycles. The predicted molar refractivity (Wildman–Crippen MR) is 127 cm³/mol. The van der Waals surface area contributed by atoms with Gasteiger partial charge in [0.2, 0.25) is 0 Å². The average molecular weight is 525 g/mol. The summed E-state index contributed by atoms with van der Waals surface area (Å²) in [6, 6.07) is 3.14. The van der Waals surface area contributed by atoms with Crippen LogP contribution in [0, 0.1) is 11.6 Å². The third kappa shape index (κ3) is 4.76. The number of nitrogens with zero attached hydrogens (tertiary/aromatic N) is 5. The van der Waals surface area contributed by atoms with Crippen molar-refractivity contribution < 1.29 is 27.4 Å². The molecule has 0 bridgehead atoms. The molecule has 0 radical (unpaired) electrons. The molecular weight excluding hydrogens is 497 g/mol. The zero-order valence-corrected chi connectivity index (χ0v) is 20.8. The highest BCUT2D eigenvalue weighted by Gasteiger charge is 2.45. The van der Waals surface area contributed by atoms with Crippen LogP contribution in [-0.2, 0) is 14.2 Å². The minimum atomic E-state index is -1.46. The first-order valence-corrected chi connectivity index (χ1v) is 12.7. The number of thioether (sulfide) groups is 1. The maximum atomic E-state index is 15.4. The van der Waals surface area contributed by atoms with Gasteiger partial charge in [0.15, 0.2) is 46.2 Å². The Hall–Kier alpha value is -2.48. The van der Waals surface area contributed by atoms with Gasteiger partial charge >= 0.3 is 0 Å². The number of aromatic nitrogens is 5. The standard InChI is InChI=1S/C23H27F3N6O3S/c1-4-7-36-23-28-20(27-15-9-12(15)11-5-6-13(24)14(25)8-11)18-21(29-23)32(31-30-18)16-10-35-19(17(16)26)22(33-2)34-3/h5-6,8,12,15-17,19,22H,4,7,9-10H2,1-3H3,(H,27,28,29)/t12-,15+,16-,17-,19+/m0/s1. The summed E-state index contributed by atoms with van der Waals surface area (Å²) in [4.78, 5) is 9.26. The van der Waals surface area contributed by atoms with E-state index in [1.54, 1.807) is 6.07 Å². The third-order valence-electron chi connectivity index (χ3n) is 6.41. The molecule has 194 valence electrons. The highest BCUT2D eigenvalue weighted by molar-refractivity contribution is 7.99. The molecule has 1 saturated heterocycles. The van der Waals surface area contributed by atoms with E-state index in [2.05, 4.69) is 32.5 Å². The van der Waals surface area contributed by atoms with Gasteiger partial charge in [-0.05, 0) is 30.5 Å². The Kier molecular flexibility index (Phi) is 7.33. The molecule has 9 nitrogen and oxygen atoms in total. The molecule has 1 aliphatic heterocycles. The third-order valence-corrected chi connectivity index (χ3v) is 7.46. The van der Waals surface area contributed by atoms with Crippen LogP contribution in [-0.4, -0.2) is 76.1 Å². The van der Waals surface area contributed by atoms with E-state index < -0.39 is 36.2 Å². The zero-order chi connectivity index (χ0) is 25.4. The second kappa shape index (κ2) is 10.5. The van der Waals surface area contributed by atoms with E-state index in [0.29, 0.717) is 27.7 Å². The summed E-state index contributed by atoms with van der Waals surface area (Å²) in [6.45, 7) is 2.11. The van der Waals surface area contributed by atoms with Crippen molar-refractivity contribution in [2.75, 3.05) is 31.9 Å². The van der Waals surface area contributed by atoms with E-state index in [1.807, 2.05) is 0 Å². The molecule has 1 N–H and O–H groups in total. The van der Waals surface area contributed by atoms with E-state index in [4.69, 9.17) is 14.2 Å². The van der Waals surface area contributed by atoms with Crippen molar-refractivity contribution in [1.82, 2.24) is 25.0 Å². The number of alkyl halides is 1. The van der Waals surface area contributed by atoms with Crippen molar-refractivity contribution in [3.63, 3.8) is 0 Å². The van der Waals surface area contributed by atoms with Gasteiger partial charge in [-0.1, -0.05) is 30.0 Å². The first kappa shape index (κ1) is 25.2. The summed E-state index contributed by atoms with van der Waals surface area (Å²) in [6.07, 6.45) is -1.58. The summed E-state index contributed by atoms with van der Waals surface area (Å²) in [5.74, 6) is -0.464. The Labute approximate surface area is 210 Å². The number of methoxy groups -OCH3 is 2. The minimum absolute atomic E-state index is 0.00568. The molecule has 0 amide bonds. The van der Waals surface area contributed by atoms with E-state index in [1.165, 1.54) is 36.7 Å². The Morgan fingerprint density at radius 1 is 1.22 bits per heavy atom. The summed E-state index contributed by atoms with van der Waals surface area (Å²) in [5, 5.41) is 12.3. The fourth-order valence-corrected chi connectivity index (χ4v) is 5.14. The highest BCUT2D eigenvalue weighted by Crippen LogP contribution is 2.44. The van der Waals surface area contributed by atoms with Crippen LogP contribution in [0.4, 0.5) is 19.0 Å². The first-order valence-electron chi connectivity index (χ1n) is 11.7. The van der Waals surface area contributed by atoms with Gasteiger partial charge in [-0.25, -0.2) is 27.8 Å². The lowest BCUT2D eigenvalue weighted by atomic mass is 10.1. The lowest BCUT2D eigenvalue weighted by Gasteiger charge is -2.22. The van der Waals surface area contributed by atoms with Gasteiger partial charge in [-0.15, -0.1) is 5.10 Å². The number of ether oxygens (including phenoxy) is 3. The molecule has 0 spiro atoms. The number of nitrogens with one attached hydrogen (secondary N) is 1. The molecular formula is C23H27F3N6O3S. The second-order valence-corrected chi connectivity index (χ2v) is 9.89. The van der Waals surface area contributed by atoms with Gasteiger partial charge < -0.3 is 19.5 Å². The molecule has 2 aliphatic rings. The minimum Gasteiger partial charge on any atom is -0.367 e. The molecule has 1 saturated carbocycles. The number of benzene rings is 1. The number of hydrogen-bond donors (Lipinski definition) is 1. The lowest BCUT2D eigenvalue weighted by molar-refractivity contribution is -0.178. The maximum absolute atomic E-state index is 15.4. The van der Waals surface area contributed by atoms with Crippen LogP contribution in [0.25, 0.3) is 11.2 Å². The molecule has 13 heteroatoms. The number of fused-ring (bicyclic) bond motifs is 1. The SMILES string of the molecule is CCCSc1nc(N[C@@H]2C[C@H]2c2ccc(F)c(F)c2)c2nnn([C@H]3CO[C@@H](C(OC)OC)[C@H]3F)c2n1. The van der Waals surface area contributed by atoms with Crippen molar-refractivity contribution in [2.45, 2.75) is 61.5 Å². The quantitative estimate of drug-likeness (QED) is 0.241. The van der Waals surface area contributed by atoms with Gasteiger partial charge in [0.25, 0.3) is 0 Å². The Morgan fingerprint density at radius 2 is 2.03 bits per heavy atom. The van der Waals surface area contributed by atoms with Crippen molar-refractivity contribution in [2.24, 2.45) is 0 Å². The fraction of sp³-hybridized carbons (Fsp3) is 0.565. The molecule has 0 unspecified atom stereocenters. The van der Waals surface area contributed by atoms with Crippen molar-refractivity contribution in [3.05, 3.63) is 35.4 Å². The van der Waals surface area contributed by atoms with E-state index >= 15 is 4.39 Å². The predicted octanol–water partition coefficient (Wildman–Crippen LogP) is 3.87. The van der Waals surface area contributed by atoms with E-state index in [0.717, 1.165) is 24.7 Å². The number of halogens is 3. The second-order valence-electron chi connectivity index (χ2n) is 8.83. The van der Waals surface area contributed by atoms with Gasteiger partial charge in [0.1, 0.15) is 12.1 Å². The Balaban J connectivity index is 1.43. The molecule has 2 fully saturated rings. The Morgan fingerprint density at radius 3 is 2.75 bits per heavy atom. The monoisotopic (exact) mass is 524 g/mol.